The van der Waals surface area contributed by atoms with Gasteiger partial charge in [-0.15, -0.1) is 0 Å². The predicted molar refractivity (Wildman–Crippen MR) is 76.3 cm³/mol. The van der Waals surface area contributed by atoms with Crippen LogP contribution in [-0.2, 0) is 16.6 Å². The van der Waals surface area contributed by atoms with E-state index >= 15 is 0 Å². The minimum atomic E-state index is -3.75. The lowest BCUT2D eigenvalue weighted by Crippen LogP contribution is -2.14. The molecule has 2 aromatic rings. The van der Waals surface area contributed by atoms with Gasteiger partial charge in [0.15, 0.2) is 0 Å². The van der Waals surface area contributed by atoms with Crippen LogP contribution in [0.15, 0.2) is 47.4 Å². The Morgan fingerprint density at radius 3 is 2.60 bits per heavy atom. The zero-order valence-electron chi connectivity index (χ0n) is 10.9. The zero-order chi connectivity index (χ0) is 14.8. The second-order valence-corrected chi connectivity index (χ2v) is 6.04. The van der Waals surface area contributed by atoms with E-state index in [1.54, 1.807) is 31.2 Å². The van der Waals surface area contributed by atoms with Gasteiger partial charge in [0.25, 0.3) is 0 Å². The molecule has 0 atom stereocenters. The largest absolute Gasteiger partial charge is 0.381 e. The lowest BCUT2D eigenvalue weighted by molar-refractivity contribution is 0.597. The first-order chi connectivity index (χ1) is 9.36. The number of rotatable bonds is 4. The van der Waals surface area contributed by atoms with Crippen molar-refractivity contribution in [1.29, 1.82) is 0 Å². The van der Waals surface area contributed by atoms with Gasteiger partial charge < -0.3 is 5.32 Å². The highest BCUT2D eigenvalue weighted by Gasteiger charge is 2.11. The van der Waals surface area contributed by atoms with Crippen LogP contribution in [0, 0.1) is 12.7 Å². The van der Waals surface area contributed by atoms with Gasteiger partial charge in [0, 0.05) is 12.2 Å². The molecule has 106 valence electrons. The van der Waals surface area contributed by atoms with Crippen LogP contribution in [-0.4, -0.2) is 8.42 Å². The third-order valence-corrected chi connectivity index (χ3v) is 3.93. The Hall–Kier alpha value is -1.92. The molecule has 0 radical (unpaired) electrons. The van der Waals surface area contributed by atoms with Gasteiger partial charge in [-0.3, -0.25) is 0 Å². The lowest BCUT2D eigenvalue weighted by atomic mass is 10.2. The van der Waals surface area contributed by atoms with E-state index in [1.165, 1.54) is 18.2 Å². The molecule has 0 unspecified atom stereocenters. The summed E-state index contributed by atoms with van der Waals surface area (Å²) in [6.45, 7) is 2.07. The van der Waals surface area contributed by atoms with Crippen LogP contribution < -0.4 is 10.5 Å². The van der Waals surface area contributed by atoms with Crippen molar-refractivity contribution in [2.45, 2.75) is 18.4 Å². The molecule has 2 aromatic carbocycles. The zero-order valence-corrected chi connectivity index (χ0v) is 11.7. The van der Waals surface area contributed by atoms with Gasteiger partial charge in [0.1, 0.15) is 5.82 Å². The van der Waals surface area contributed by atoms with E-state index in [2.05, 4.69) is 5.32 Å². The topological polar surface area (TPSA) is 72.2 Å². The fourth-order valence-corrected chi connectivity index (χ4v) is 2.68. The molecule has 0 aromatic heterocycles. The van der Waals surface area contributed by atoms with E-state index in [9.17, 15) is 12.8 Å². The first kappa shape index (κ1) is 14.5. The van der Waals surface area contributed by atoms with Crippen molar-refractivity contribution in [3.8, 4) is 0 Å². The summed E-state index contributed by atoms with van der Waals surface area (Å²) in [6, 6.07) is 11.1. The van der Waals surface area contributed by atoms with Gasteiger partial charge in [-0.2, -0.15) is 0 Å². The summed E-state index contributed by atoms with van der Waals surface area (Å²) < 4.78 is 35.9. The molecule has 0 fully saturated rings. The van der Waals surface area contributed by atoms with Crippen LogP contribution in [0.3, 0.4) is 0 Å². The SMILES string of the molecule is Cc1ccc(NCc2cccc(F)c2)cc1S(N)(=O)=O. The molecule has 0 spiro atoms. The molecule has 0 aliphatic carbocycles. The molecule has 2 rings (SSSR count). The maximum absolute atomic E-state index is 13.0. The Kier molecular flexibility index (Phi) is 4.06. The van der Waals surface area contributed by atoms with Crippen molar-refractivity contribution >= 4 is 15.7 Å². The first-order valence-electron chi connectivity index (χ1n) is 5.98. The van der Waals surface area contributed by atoms with Crippen LogP contribution in [0.2, 0.25) is 0 Å². The summed E-state index contributed by atoms with van der Waals surface area (Å²) in [7, 11) is -3.75. The Morgan fingerprint density at radius 1 is 1.20 bits per heavy atom. The molecule has 20 heavy (non-hydrogen) atoms. The number of hydrogen-bond donors (Lipinski definition) is 2. The normalized spacial score (nSPS) is 11.3. The molecule has 0 amide bonds. The predicted octanol–water partition coefficient (Wildman–Crippen LogP) is 2.39. The van der Waals surface area contributed by atoms with Crippen LogP contribution in [0.5, 0.6) is 0 Å². The van der Waals surface area contributed by atoms with Crippen LogP contribution >= 0.6 is 0 Å². The monoisotopic (exact) mass is 294 g/mol. The maximum Gasteiger partial charge on any atom is 0.238 e. The molecule has 0 aliphatic rings. The molecule has 6 heteroatoms. The number of benzene rings is 2. The van der Waals surface area contributed by atoms with E-state index in [1.807, 2.05) is 0 Å². The van der Waals surface area contributed by atoms with Crippen molar-refractivity contribution in [3.05, 3.63) is 59.4 Å². The average molecular weight is 294 g/mol. The number of sulfonamides is 1. The van der Waals surface area contributed by atoms with E-state index in [0.717, 1.165) is 5.56 Å². The van der Waals surface area contributed by atoms with Crippen molar-refractivity contribution in [3.63, 3.8) is 0 Å². The van der Waals surface area contributed by atoms with Crippen molar-refractivity contribution < 1.29 is 12.8 Å². The van der Waals surface area contributed by atoms with Gasteiger partial charge in [-0.1, -0.05) is 18.2 Å². The number of aryl methyl sites for hydroxylation is 1. The third-order valence-electron chi connectivity index (χ3n) is 2.88. The highest BCUT2D eigenvalue weighted by atomic mass is 32.2. The number of nitrogens with one attached hydrogen (secondary N) is 1. The number of primary sulfonamides is 1. The number of nitrogens with two attached hydrogens (primary N) is 1. The molecule has 0 saturated carbocycles. The van der Waals surface area contributed by atoms with Crippen LogP contribution in [0.25, 0.3) is 0 Å². The smallest absolute Gasteiger partial charge is 0.238 e. The Bertz CT molecular complexity index is 730. The van der Waals surface area contributed by atoms with E-state index in [0.29, 0.717) is 17.8 Å². The quantitative estimate of drug-likeness (QED) is 0.909. The summed E-state index contributed by atoms with van der Waals surface area (Å²) >= 11 is 0. The van der Waals surface area contributed by atoms with E-state index in [4.69, 9.17) is 5.14 Å². The van der Waals surface area contributed by atoms with Crippen LogP contribution in [0.4, 0.5) is 10.1 Å². The maximum atomic E-state index is 13.0. The van der Waals surface area contributed by atoms with Crippen LogP contribution in [0.1, 0.15) is 11.1 Å². The third kappa shape index (κ3) is 3.55. The highest BCUT2D eigenvalue weighted by molar-refractivity contribution is 7.89. The fourth-order valence-electron chi connectivity index (χ4n) is 1.87. The minimum Gasteiger partial charge on any atom is -0.381 e. The molecule has 4 nitrogen and oxygen atoms in total. The van der Waals surface area contributed by atoms with Crippen molar-refractivity contribution in [1.82, 2.24) is 0 Å². The number of halogens is 1. The van der Waals surface area contributed by atoms with Gasteiger partial charge in [0.05, 0.1) is 4.90 Å². The molecule has 0 bridgehead atoms. The summed E-state index contributed by atoms with van der Waals surface area (Å²) in [4.78, 5) is 0.0849. The summed E-state index contributed by atoms with van der Waals surface area (Å²) in [5, 5.41) is 8.19. The summed E-state index contributed by atoms with van der Waals surface area (Å²) in [6.07, 6.45) is 0. The Labute approximate surface area is 117 Å². The van der Waals surface area contributed by atoms with Crippen molar-refractivity contribution in [2.75, 3.05) is 5.32 Å². The number of anilines is 1. The Balaban J connectivity index is 2.19. The molecular formula is C14H15FN2O2S. The minimum absolute atomic E-state index is 0.0849. The van der Waals surface area contributed by atoms with E-state index < -0.39 is 10.0 Å². The lowest BCUT2D eigenvalue weighted by Gasteiger charge is -2.10. The standard InChI is InChI=1S/C14H15FN2O2S/c1-10-5-6-13(8-14(10)20(16,18)19)17-9-11-3-2-4-12(15)7-11/h2-8,17H,9H2,1H3,(H2,16,18,19). The first-order valence-corrected chi connectivity index (χ1v) is 7.52. The second-order valence-electron chi connectivity index (χ2n) is 4.51. The van der Waals surface area contributed by atoms with Crippen molar-refractivity contribution in [2.24, 2.45) is 5.14 Å². The Morgan fingerprint density at radius 2 is 1.95 bits per heavy atom. The molecule has 3 N–H and O–H groups in total. The average Bonchev–Trinajstić information content (AvgIpc) is 2.36. The second kappa shape index (κ2) is 5.60. The molecule has 0 saturated heterocycles. The highest BCUT2D eigenvalue weighted by Crippen LogP contribution is 2.19. The summed E-state index contributed by atoms with van der Waals surface area (Å²) in [5.41, 5.74) is 1.97. The fraction of sp³-hybridized carbons (Fsp3) is 0.143. The van der Waals surface area contributed by atoms with Gasteiger partial charge in [-0.25, -0.2) is 17.9 Å². The summed E-state index contributed by atoms with van der Waals surface area (Å²) in [5.74, 6) is -0.307. The molecule has 0 heterocycles. The number of hydrogen-bond acceptors (Lipinski definition) is 3. The molecule has 0 aliphatic heterocycles. The van der Waals surface area contributed by atoms with Gasteiger partial charge >= 0.3 is 0 Å². The van der Waals surface area contributed by atoms with E-state index in [-0.39, 0.29) is 10.7 Å². The van der Waals surface area contributed by atoms with Gasteiger partial charge in [0.2, 0.25) is 10.0 Å². The van der Waals surface area contributed by atoms with Gasteiger partial charge in [-0.05, 0) is 42.3 Å². The molecular weight excluding hydrogens is 279 g/mol.